The van der Waals surface area contributed by atoms with Gasteiger partial charge in [-0.2, -0.15) is 0 Å². The Morgan fingerprint density at radius 3 is 2.57 bits per heavy atom. The van der Waals surface area contributed by atoms with Crippen molar-refractivity contribution in [3.63, 3.8) is 0 Å². The van der Waals surface area contributed by atoms with Gasteiger partial charge in [-0.15, -0.1) is 0 Å². The largest absolute Gasteiger partial charge is 0.492 e. The predicted molar refractivity (Wildman–Crippen MR) is 87.1 cm³/mol. The van der Waals surface area contributed by atoms with Crippen LogP contribution < -0.4 is 10.1 Å². The van der Waals surface area contributed by atoms with Gasteiger partial charge in [-0.25, -0.2) is 13.4 Å². The molecule has 0 bridgehead atoms. The maximum atomic E-state index is 12.4. The van der Waals surface area contributed by atoms with E-state index in [9.17, 15) is 13.2 Å². The van der Waals surface area contributed by atoms with Gasteiger partial charge in [0.25, 0.3) is 0 Å². The van der Waals surface area contributed by atoms with E-state index in [1.807, 2.05) is 6.92 Å². The van der Waals surface area contributed by atoms with Gasteiger partial charge >= 0.3 is 0 Å². The molecule has 122 valence electrons. The molecule has 0 radical (unpaired) electrons. The van der Waals surface area contributed by atoms with E-state index in [0.717, 1.165) is 0 Å². The molecule has 0 saturated heterocycles. The molecule has 1 atom stereocenters. The Hall–Kier alpha value is -2.41. The molecule has 0 aliphatic heterocycles. The lowest BCUT2D eigenvalue weighted by molar-refractivity contribution is -0.115. The summed E-state index contributed by atoms with van der Waals surface area (Å²) in [6, 6.07) is 11.4. The van der Waals surface area contributed by atoms with Gasteiger partial charge in [-0.3, -0.25) is 4.79 Å². The summed E-state index contributed by atoms with van der Waals surface area (Å²) < 4.78 is 30.3. The van der Waals surface area contributed by atoms with Crippen LogP contribution in [0.3, 0.4) is 0 Å². The number of anilines is 1. The third kappa shape index (κ3) is 3.87. The number of carbonyl (C=O) groups excluding carboxylic acids is 1. The number of carbonyl (C=O) groups is 1. The first-order valence-electron chi connectivity index (χ1n) is 7.14. The van der Waals surface area contributed by atoms with Gasteiger partial charge in [0.2, 0.25) is 15.7 Å². The second kappa shape index (κ2) is 7.23. The van der Waals surface area contributed by atoms with Crippen molar-refractivity contribution in [3.8, 4) is 5.75 Å². The number of benzene rings is 1. The van der Waals surface area contributed by atoms with Gasteiger partial charge in [0.05, 0.1) is 12.3 Å². The minimum absolute atomic E-state index is 0.124. The van der Waals surface area contributed by atoms with E-state index in [1.54, 1.807) is 36.4 Å². The molecule has 0 saturated carbocycles. The maximum absolute atomic E-state index is 12.4. The highest BCUT2D eigenvalue weighted by atomic mass is 32.2. The first-order valence-corrected chi connectivity index (χ1v) is 8.69. The predicted octanol–water partition coefficient (Wildman–Crippen LogP) is 2.28. The topological polar surface area (TPSA) is 85.4 Å². The SMILES string of the molecule is CCOc1ccccc1NC(=O)C(C)S(=O)(=O)c1ccccn1. The van der Waals surface area contributed by atoms with Crippen LogP contribution in [-0.4, -0.2) is 31.2 Å². The Morgan fingerprint density at radius 2 is 1.91 bits per heavy atom. The molecule has 2 aromatic rings. The number of sulfone groups is 1. The van der Waals surface area contributed by atoms with Crippen molar-refractivity contribution in [2.75, 3.05) is 11.9 Å². The zero-order valence-electron chi connectivity index (χ0n) is 12.9. The summed E-state index contributed by atoms with van der Waals surface area (Å²) in [7, 11) is -3.85. The van der Waals surface area contributed by atoms with Crippen LogP contribution in [0.5, 0.6) is 5.75 Å². The summed E-state index contributed by atoms with van der Waals surface area (Å²) in [5, 5.41) is 1.20. The monoisotopic (exact) mass is 334 g/mol. The highest BCUT2D eigenvalue weighted by Crippen LogP contribution is 2.24. The summed E-state index contributed by atoms with van der Waals surface area (Å²) >= 11 is 0. The van der Waals surface area contributed by atoms with Crippen molar-refractivity contribution in [1.29, 1.82) is 0 Å². The highest BCUT2D eigenvalue weighted by Gasteiger charge is 2.31. The van der Waals surface area contributed by atoms with E-state index in [-0.39, 0.29) is 5.03 Å². The normalized spacial score (nSPS) is 12.4. The second-order valence-corrected chi connectivity index (χ2v) is 6.99. The van der Waals surface area contributed by atoms with Gasteiger partial charge < -0.3 is 10.1 Å². The van der Waals surface area contributed by atoms with Crippen LogP contribution in [0.2, 0.25) is 0 Å². The number of para-hydroxylation sites is 2. The highest BCUT2D eigenvalue weighted by molar-refractivity contribution is 7.92. The molecular weight excluding hydrogens is 316 g/mol. The molecule has 0 aliphatic rings. The first kappa shape index (κ1) is 17.0. The van der Waals surface area contributed by atoms with Crippen molar-refractivity contribution in [2.45, 2.75) is 24.1 Å². The summed E-state index contributed by atoms with van der Waals surface area (Å²) in [6.07, 6.45) is 1.38. The fraction of sp³-hybridized carbons (Fsp3) is 0.250. The average Bonchev–Trinajstić information content (AvgIpc) is 2.57. The molecule has 0 spiro atoms. The first-order chi connectivity index (χ1) is 11.0. The van der Waals surface area contributed by atoms with E-state index < -0.39 is 21.0 Å². The van der Waals surface area contributed by atoms with Crippen molar-refractivity contribution < 1.29 is 17.9 Å². The zero-order valence-corrected chi connectivity index (χ0v) is 13.7. The smallest absolute Gasteiger partial charge is 0.242 e. The molecule has 1 heterocycles. The number of aromatic nitrogens is 1. The molecule has 23 heavy (non-hydrogen) atoms. The number of nitrogens with zero attached hydrogens (tertiary/aromatic N) is 1. The minimum atomic E-state index is -3.85. The number of ether oxygens (including phenoxy) is 1. The number of amides is 1. The fourth-order valence-corrected chi connectivity index (χ4v) is 3.10. The molecule has 2 rings (SSSR count). The Kier molecular flexibility index (Phi) is 5.33. The Labute approximate surface area is 135 Å². The molecule has 6 nitrogen and oxygen atoms in total. The molecule has 1 amide bonds. The zero-order chi connectivity index (χ0) is 16.9. The lowest BCUT2D eigenvalue weighted by Crippen LogP contribution is -2.33. The molecule has 7 heteroatoms. The van der Waals surface area contributed by atoms with E-state index >= 15 is 0 Å². The molecule has 0 fully saturated rings. The summed E-state index contributed by atoms with van der Waals surface area (Å²) in [4.78, 5) is 16.1. The van der Waals surface area contributed by atoms with Crippen LogP contribution in [0.1, 0.15) is 13.8 Å². The third-order valence-corrected chi connectivity index (χ3v) is 5.18. The maximum Gasteiger partial charge on any atom is 0.242 e. The van der Waals surface area contributed by atoms with Crippen LogP contribution >= 0.6 is 0 Å². The van der Waals surface area contributed by atoms with E-state index in [2.05, 4.69) is 10.3 Å². The van der Waals surface area contributed by atoms with Crippen LogP contribution in [0.4, 0.5) is 5.69 Å². The van der Waals surface area contributed by atoms with Crippen LogP contribution in [0.15, 0.2) is 53.7 Å². The van der Waals surface area contributed by atoms with Gasteiger partial charge in [0.1, 0.15) is 11.0 Å². The number of hydrogen-bond donors (Lipinski definition) is 1. The molecule has 1 aromatic carbocycles. The van der Waals surface area contributed by atoms with Crippen LogP contribution in [-0.2, 0) is 14.6 Å². The number of pyridine rings is 1. The van der Waals surface area contributed by atoms with Gasteiger partial charge in [0, 0.05) is 6.20 Å². The Balaban J connectivity index is 2.21. The molecule has 1 unspecified atom stereocenters. The number of rotatable bonds is 6. The number of nitrogens with one attached hydrogen (secondary N) is 1. The summed E-state index contributed by atoms with van der Waals surface area (Å²) in [5.74, 6) is -0.145. The Bertz CT molecular complexity index is 776. The van der Waals surface area contributed by atoms with Crippen LogP contribution in [0, 0.1) is 0 Å². The van der Waals surface area contributed by atoms with Crippen LogP contribution in [0.25, 0.3) is 0 Å². The lowest BCUT2D eigenvalue weighted by atomic mass is 10.3. The van der Waals surface area contributed by atoms with Crippen molar-refractivity contribution in [3.05, 3.63) is 48.7 Å². The standard InChI is InChI=1S/C16H18N2O4S/c1-3-22-14-9-5-4-8-13(14)18-16(19)12(2)23(20,21)15-10-6-7-11-17-15/h4-12H,3H2,1-2H3,(H,18,19). The summed E-state index contributed by atoms with van der Waals surface area (Å²) in [5.41, 5.74) is 0.433. The fourth-order valence-electron chi connectivity index (χ4n) is 1.92. The van der Waals surface area contributed by atoms with E-state index in [4.69, 9.17) is 4.74 Å². The average molecular weight is 334 g/mol. The molecular formula is C16H18N2O4S. The second-order valence-electron chi connectivity index (χ2n) is 4.77. The summed E-state index contributed by atoms with van der Waals surface area (Å²) in [6.45, 7) is 3.60. The van der Waals surface area contributed by atoms with Crippen molar-refractivity contribution >= 4 is 21.4 Å². The van der Waals surface area contributed by atoms with Gasteiger partial charge in [0.15, 0.2) is 5.03 Å². The third-order valence-electron chi connectivity index (χ3n) is 3.21. The molecule has 1 N–H and O–H groups in total. The molecule has 1 aromatic heterocycles. The lowest BCUT2D eigenvalue weighted by Gasteiger charge is -2.15. The van der Waals surface area contributed by atoms with E-state index in [0.29, 0.717) is 18.0 Å². The van der Waals surface area contributed by atoms with E-state index in [1.165, 1.54) is 19.2 Å². The number of hydrogen-bond acceptors (Lipinski definition) is 5. The van der Waals surface area contributed by atoms with Crippen molar-refractivity contribution in [1.82, 2.24) is 4.98 Å². The molecule has 0 aliphatic carbocycles. The van der Waals surface area contributed by atoms with Gasteiger partial charge in [-0.1, -0.05) is 18.2 Å². The Morgan fingerprint density at radius 1 is 1.22 bits per heavy atom. The van der Waals surface area contributed by atoms with Crippen molar-refractivity contribution in [2.24, 2.45) is 0 Å². The quantitative estimate of drug-likeness (QED) is 0.876. The minimum Gasteiger partial charge on any atom is -0.492 e. The van der Waals surface area contributed by atoms with Gasteiger partial charge in [-0.05, 0) is 38.1 Å².